The van der Waals surface area contributed by atoms with Gasteiger partial charge in [0.25, 0.3) is 0 Å². The molecular formula is C11H13N5O2. The van der Waals surface area contributed by atoms with Crippen molar-refractivity contribution in [1.29, 1.82) is 0 Å². The lowest BCUT2D eigenvalue weighted by Gasteiger charge is -2.05. The fourth-order valence-corrected chi connectivity index (χ4v) is 1.36. The number of aromatic nitrogens is 4. The third kappa shape index (κ3) is 3.03. The van der Waals surface area contributed by atoms with Crippen LogP contribution in [0.5, 0.6) is 0 Å². The molecule has 0 aliphatic rings. The molecule has 0 aromatic carbocycles. The van der Waals surface area contributed by atoms with Gasteiger partial charge in [0.15, 0.2) is 5.69 Å². The van der Waals surface area contributed by atoms with Crippen LogP contribution in [0.4, 0.5) is 5.82 Å². The summed E-state index contributed by atoms with van der Waals surface area (Å²) >= 11 is 0. The number of carbonyl (C=O) groups is 1. The van der Waals surface area contributed by atoms with Crippen molar-refractivity contribution in [3.8, 4) is 0 Å². The summed E-state index contributed by atoms with van der Waals surface area (Å²) in [7, 11) is 1.31. The van der Waals surface area contributed by atoms with Crippen LogP contribution in [0, 0.1) is 0 Å². The van der Waals surface area contributed by atoms with Gasteiger partial charge in [0.1, 0.15) is 5.82 Å². The predicted molar refractivity (Wildman–Crippen MR) is 64.1 cm³/mol. The van der Waals surface area contributed by atoms with E-state index in [2.05, 4.69) is 25.1 Å². The van der Waals surface area contributed by atoms with Crippen LogP contribution in [0.2, 0.25) is 0 Å². The van der Waals surface area contributed by atoms with Crippen molar-refractivity contribution in [2.45, 2.75) is 6.54 Å². The number of carbonyl (C=O) groups excluding carboxylic acids is 1. The van der Waals surface area contributed by atoms with E-state index in [4.69, 9.17) is 0 Å². The normalized spacial score (nSPS) is 10.1. The molecule has 0 spiro atoms. The molecule has 1 N–H and O–H groups in total. The van der Waals surface area contributed by atoms with Gasteiger partial charge in [0, 0.05) is 18.9 Å². The van der Waals surface area contributed by atoms with E-state index in [0.29, 0.717) is 12.4 Å². The monoisotopic (exact) mass is 247 g/mol. The highest BCUT2D eigenvalue weighted by Crippen LogP contribution is 2.01. The summed E-state index contributed by atoms with van der Waals surface area (Å²) < 4.78 is 6.34. The lowest BCUT2D eigenvalue weighted by molar-refractivity contribution is 0.0593. The molecule has 0 aliphatic heterocycles. The number of rotatable bonds is 5. The minimum Gasteiger partial charge on any atom is -0.464 e. The molecule has 0 fully saturated rings. The molecule has 2 aromatic rings. The van der Waals surface area contributed by atoms with Gasteiger partial charge in [-0.2, -0.15) is 5.10 Å². The average molecular weight is 247 g/mol. The van der Waals surface area contributed by atoms with Gasteiger partial charge in [0.2, 0.25) is 0 Å². The molecule has 18 heavy (non-hydrogen) atoms. The summed E-state index contributed by atoms with van der Waals surface area (Å²) in [5, 5.41) is 7.16. The third-order valence-corrected chi connectivity index (χ3v) is 2.25. The second-order valence-electron chi connectivity index (χ2n) is 3.47. The molecule has 94 valence electrons. The largest absolute Gasteiger partial charge is 0.464 e. The van der Waals surface area contributed by atoms with Crippen molar-refractivity contribution < 1.29 is 9.53 Å². The molecule has 0 bridgehead atoms. The van der Waals surface area contributed by atoms with Gasteiger partial charge in [-0.1, -0.05) is 0 Å². The summed E-state index contributed by atoms with van der Waals surface area (Å²) in [4.78, 5) is 19.1. The zero-order valence-corrected chi connectivity index (χ0v) is 9.91. The average Bonchev–Trinajstić information content (AvgIpc) is 2.92. The van der Waals surface area contributed by atoms with E-state index >= 15 is 0 Å². The SMILES string of the molecule is COC(=O)c1cnc(NCCn2cccn2)cn1. The van der Waals surface area contributed by atoms with E-state index in [1.807, 2.05) is 16.9 Å². The summed E-state index contributed by atoms with van der Waals surface area (Å²) in [6.45, 7) is 1.40. The quantitative estimate of drug-likeness (QED) is 0.778. The van der Waals surface area contributed by atoms with Gasteiger partial charge < -0.3 is 10.1 Å². The Morgan fingerprint density at radius 2 is 2.33 bits per heavy atom. The highest BCUT2D eigenvalue weighted by atomic mass is 16.5. The predicted octanol–water partition coefficient (Wildman–Crippen LogP) is 0.572. The molecule has 0 saturated carbocycles. The van der Waals surface area contributed by atoms with Crippen LogP contribution in [-0.2, 0) is 11.3 Å². The standard InChI is InChI=1S/C11H13N5O2/c1-18-11(17)9-7-14-10(8-13-9)12-4-6-16-5-2-3-15-16/h2-3,5,7-8H,4,6H2,1H3,(H,12,14). The Bertz CT molecular complexity index is 495. The van der Waals surface area contributed by atoms with Gasteiger partial charge in [-0.05, 0) is 6.07 Å². The maximum atomic E-state index is 11.1. The number of hydrogen-bond donors (Lipinski definition) is 1. The van der Waals surface area contributed by atoms with Gasteiger partial charge in [-0.3, -0.25) is 4.68 Å². The van der Waals surface area contributed by atoms with Gasteiger partial charge in [0.05, 0.1) is 26.0 Å². The Hall–Kier alpha value is -2.44. The molecule has 2 heterocycles. The van der Waals surface area contributed by atoms with Crippen LogP contribution < -0.4 is 5.32 Å². The molecule has 0 atom stereocenters. The minimum atomic E-state index is -0.495. The molecule has 7 heteroatoms. The summed E-state index contributed by atoms with van der Waals surface area (Å²) in [5.74, 6) is 0.111. The maximum absolute atomic E-state index is 11.1. The van der Waals surface area contributed by atoms with E-state index < -0.39 is 5.97 Å². The van der Waals surface area contributed by atoms with E-state index in [0.717, 1.165) is 6.54 Å². The van der Waals surface area contributed by atoms with E-state index in [1.165, 1.54) is 19.5 Å². The van der Waals surface area contributed by atoms with Crippen molar-refractivity contribution in [2.75, 3.05) is 19.0 Å². The Labute approximate surface area is 104 Å². The molecule has 0 amide bonds. The zero-order chi connectivity index (χ0) is 12.8. The summed E-state index contributed by atoms with van der Waals surface area (Å²) in [6, 6.07) is 1.87. The number of nitrogens with one attached hydrogen (secondary N) is 1. The van der Waals surface area contributed by atoms with Crippen molar-refractivity contribution in [1.82, 2.24) is 19.7 Å². The first-order valence-corrected chi connectivity index (χ1v) is 5.41. The van der Waals surface area contributed by atoms with Gasteiger partial charge >= 0.3 is 5.97 Å². The first-order chi connectivity index (χ1) is 8.79. The first-order valence-electron chi connectivity index (χ1n) is 5.41. The topological polar surface area (TPSA) is 81.9 Å². The third-order valence-electron chi connectivity index (χ3n) is 2.25. The van der Waals surface area contributed by atoms with E-state index in [1.54, 1.807) is 6.20 Å². The highest BCUT2D eigenvalue weighted by Gasteiger charge is 2.06. The van der Waals surface area contributed by atoms with Crippen LogP contribution in [0.15, 0.2) is 30.9 Å². The van der Waals surface area contributed by atoms with Crippen LogP contribution in [0.1, 0.15) is 10.5 Å². The van der Waals surface area contributed by atoms with Crippen LogP contribution in [0.3, 0.4) is 0 Å². The molecule has 0 aliphatic carbocycles. The molecular weight excluding hydrogens is 234 g/mol. The molecule has 2 rings (SSSR count). The molecule has 0 saturated heterocycles. The minimum absolute atomic E-state index is 0.190. The van der Waals surface area contributed by atoms with Crippen molar-refractivity contribution in [2.24, 2.45) is 0 Å². The number of methoxy groups -OCH3 is 1. The maximum Gasteiger partial charge on any atom is 0.358 e. The second-order valence-corrected chi connectivity index (χ2v) is 3.47. The van der Waals surface area contributed by atoms with Crippen molar-refractivity contribution >= 4 is 11.8 Å². The van der Waals surface area contributed by atoms with Crippen molar-refractivity contribution in [3.63, 3.8) is 0 Å². The molecule has 0 unspecified atom stereocenters. The number of ether oxygens (including phenoxy) is 1. The lowest BCUT2D eigenvalue weighted by Crippen LogP contribution is -2.12. The Morgan fingerprint density at radius 1 is 1.44 bits per heavy atom. The molecule has 7 nitrogen and oxygen atoms in total. The van der Waals surface area contributed by atoms with Gasteiger partial charge in [-0.15, -0.1) is 0 Å². The molecule has 0 radical (unpaired) electrons. The van der Waals surface area contributed by atoms with Crippen molar-refractivity contribution in [3.05, 3.63) is 36.5 Å². The van der Waals surface area contributed by atoms with Crippen LogP contribution >= 0.6 is 0 Å². The first kappa shape index (κ1) is 12.0. The molecule has 2 aromatic heterocycles. The lowest BCUT2D eigenvalue weighted by atomic mass is 10.4. The summed E-state index contributed by atoms with van der Waals surface area (Å²) in [5.41, 5.74) is 0.190. The summed E-state index contributed by atoms with van der Waals surface area (Å²) in [6.07, 6.45) is 6.48. The fourth-order valence-electron chi connectivity index (χ4n) is 1.36. The number of hydrogen-bond acceptors (Lipinski definition) is 6. The Morgan fingerprint density at radius 3 is 2.94 bits per heavy atom. The number of esters is 1. The van der Waals surface area contributed by atoms with Gasteiger partial charge in [-0.25, -0.2) is 14.8 Å². The van der Waals surface area contributed by atoms with E-state index in [-0.39, 0.29) is 5.69 Å². The Kier molecular flexibility index (Phi) is 3.85. The van der Waals surface area contributed by atoms with E-state index in [9.17, 15) is 4.79 Å². The zero-order valence-electron chi connectivity index (χ0n) is 9.91. The second kappa shape index (κ2) is 5.76. The number of anilines is 1. The van der Waals surface area contributed by atoms with Crippen LogP contribution in [-0.4, -0.2) is 39.4 Å². The highest BCUT2D eigenvalue weighted by molar-refractivity contribution is 5.86. The Balaban J connectivity index is 1.85. The smallest absolute Gasteiger partial charge is 0.358 e. The van der Waals surface area contributed by atoms with Crippen LogP contribution in [0.25, 0.3) is 0 Å². The number of nitrogens with zero attached hydrogens (tertiary/aromatic N) is 4. The fraction of sp³-hybridized carbons (Fsp3) is 0.273.